The number of aromatic amines is 1. The first-order valence-corrected chi connectivity index (χ1v) is 5.43. The quantitative estimate of drug-likeness (QED) is 0.804. The van der Waals surface area contributed by atoms with E-state index in [-0.39, 0.29) is 5.82 Å². The summed E-state index contributed by atoms with van der Waals surface area (Å²) in [6.45, 7) is 1.95. The third kappa shape index (κ3) is 2.39. The maximum Gasteiger partial charge on any atom is 0.166 e. The Labute approximate surface area is 91.9 Å². The molecule has 1 aromatic heterocycles. The zero-order chi connectivity index (χ0) is 10.7. The number of H-pyrrole nitrogens is 1. The molecule has 0 unspecified atom stereocenters. The van der Waals surface area contributed by atoms with Gasteiger partial charge in [0.25, 0.3) is 0 Å². The summed E-state index contributed by atoms with van der Waals surface area (Å²) in [6, 6.07) is 6.34. The Balaban J connectivity index is 2.25. The molecule has 0 aliphatic carbocycles. The second kappa shape index (κ2) is 4.49. The number of halogens is 1. The molecule has 0 fully saturated rings. The number of hydrogen-bond donors (Lipinski definition) is 1. The lowest BCUT2D eigenvalue weighted by molar-refractivity contribution is 0.628. The van der Waals surface area contributed by atoms with Gasteiger partial charge in [-0.2, -0.15) is 0 Å². The molecule has 15 heavy (non-hydrogen) atoms. The molecule has 0 spiro atoms. The highest BCUT2D eigenvalue weighted by atomic mass is 32.2. The molecule has 1 aromatic carbocycles. The number of imidazole rings is 1. The van der Waals surface area contributed by atoms with E-state index >= 15 is 0 Å². The predicted octanol–water partition coefficient (Wildman–Crippen LogP) is 3.49. The fourth-order valence-corrected chi connectivity index (χ4v) is 1.76. The molecule has 1 radical (unpaired) electrons. The van der Waals surface area contributed by atoms with Gasteiger partial charge in [0, 0.05) is 5.75 Å². The lowest BCUT2D eigenvalue weighted by Gasteiger charge is -1.96. The van der Waals surface area contributed by atoms with E-state index < -0.39 is 0 Å². The summed E-state index contributed by atoms with van der Waals surface area (Å²) >= 11 is 1.53. The van der Waals surface area contributed by atoms with Gasteiger partial charge in [-0.05, 0) is 29.8 Å². The number of aromatic nitrogens is 2. The van der Waals surface area contributed by atoms with Gasteiger partial charge in [0.1, 0.15) is 5.82 Å². The molecule has 0 amide bonds. The second-order valence-electron chi connectivity index (χ2n) is 2.96. The van der Waals surface area contributed by atoms with Gasteiger partial charge >= 0.3 is 0 Å². The van der Waals surface area contributed by atoms with E-state index in [0.717, 1.165) is 16.4 Å². The number of benzene rings is 1. The van der Waals surface area contributed by atoms with Gasteiger partial charge in [0.05, 0.1) is 11.9 Å². The first kappa shape index (κ1) is 10.2. The highest BCUT2D eigenvalue weighted by Crippen LogP contribution is 2.22. The smallest absolute Gasteiger partial charge is 0.166 e. The first-order valence-electron chi connectivity index (χ1n) is 4.55. The van der Waals surface area contributed by atoms with Crippen molar-refractivity contribution in [1.82, 2.24) is 9.97 Å². The van der Waals surface area contributed by atoms with Gasteiger partial charge in [-0.3, -0.25) is 0 Å². The van der Waals surface area contributed by atoms with Crippen LogP contribution in [0, 0.1) is 11.6 Å². The van der Waals surface area contributed by atoms with Gasteiger partial charge in [0.2, 0.25) is 0 Å². The van der Waals surface area contributed by atoms with Crippen molar-refractivity contribution in [3.8, 4) is 11.3 Å². The van der Waals surface area contributed by atoms with Gasteiger partial charge in [-0.25, -0.2) is 9.37 Å². The molecule has 1 N–H and O–H groups in total. The molecule has 0 saturated heterocycles. The Bertz CT molecular complexity index is 436. The van der Waals surface area contributed by atoms with Gasteiger partial charge in [-0.1, -0.05) is 18.7 Å². The van der Waals surface area contributed by atoms with E-state index in [1.807, 2.05) is 12.7 Å². The van der Waals surface area contributed by atoms with E-state index in [0.29, 0.717) is 0 Å². The molecule has 0 aliphatic heterocycles. The molecule has 0 atom stereocenters. The molecule has 1 heterocycles. The van der Waals surface area contributed by atoms with Crippen molar-refractivity contribution in [3.05, 3.63) is 42.0 Å². The summed E-state index contributed by atoms with van der Waals surface area (Å²) in [4.78, 5) is 7.34. The Hall–Kier alpha value is -1.29. The molecule has 2 nitrogen and oxygen atoms in total. The lowest BCUT2D eigenvalue weighted by Crippen LogP contribution is -1.78. The van der Waals surface area contributed by atoms with Crippen molar-refractivity contribution in [2.24, 2.45) is 0 Å². The lowest BCUT2D eigenvalue weighted by atomic mass is 10.2. The van der Waals surface area contributed by atoms with Crippen LogP contribution in [0.2, 0.25) is 0 Å². The number of nitrogens with zero attached hydrogens (tertiary/aromatic N) is 1. The molecule has 0 saturated carbocycles. The predicted molar refractivity (Wildman–Crippen MR) is 59.8 cm³/mol. The number of thioether (sulfide) groups is 1. The van der Waals surface area contributed by atoms with E-state index in [2.05, 4.69) is 9.97 Å². The number of nitrogens with one attached hydrogen (secondary N) is 1. The third-order valence-electron chi connectivity index (χ3n) is 1.94. The highest BCUT2D eigenvalue weighted by Gasteiger charge is 2.02. The Morgan fingerprint density at radius 3 is 2.73 bits per heavy atom. The van der Waals surface area contributed by atoms with Gasteiger partial charge < -0.3 is 4.98 Å². The van der Waals surface area contributed by atoms with E-state index in [4.69, 9.17) is 0 Å². The van der Waals surface area contributed by atoms with Crippen molar-refractivity contribution in [1.29, 1.82) is 0 Å². The fourth-order valence-electron chi connectivity index (χ4n) is 1.25. The highest BCUT2D eigenvalue weighted by molar-refractivity contribution is 8.01. The zero-order valence-corrected chi connectivity index (χ0v) is 9.01. The Kier molecular flexibility index (Phi) is 3.06. The maximum absolute atomic E-state index is 12.7. The van der Waals surface area contributed by atoms with Crippen LogP contribution in [0.5, 0.6) is 0 Å². The normalized spacial score (nSPS) is 10.5. The molecule has 2 rings (SSSR count). The topological polar surface area (TPSA) is 28.7 Å². The SMILES string of the molecule is C[CH]Sc1ncc(-c2ccc(F)cc2)[nH]1. The van der Waals surface area contributed by atoms with Crippen LogP contribution in [0.3, 0.4) is 0 Å². The molecule has 77 valence electrons. The van der Waals surface area contributed by atoms with Crippen LogP contribution in [0.15, 0.2) is 35.6 Å². The van der Waals surface area contributed by atoms with Crippen LogP contribution in [0.1, 0.15) is 6.92 Å². The monoisotopic (exact) mass is 221 g/mol. The molecule has 2 aromatic rings. The van der Waals surface area contributed by atoms with Crippen molar-refractivity contribution in [3.63, 3.8) is 0 Å². The summed E-state index contributed by atoms with van der Waals surface area (Å²) < 4.78 is 12.7. The summed E-state index contributed by atoms with van der Waals surface area (Å²) in [6.07, 6.45) is 1.75. The van der Waals surface area contributed by atoms with Crippen LogP contribution in [-0.4, -0.2) is 9.97 Å². The van der Waals surface area contributed by atoms with Crippen LogP contribution >= 0.6 is 11.8 Å². The minimum absolute atomic E-state index is 0.227. The van der Waals surface area contributed by atoms with Crippen LogP contribution < -0.4 is 0 Å². The maximum atomic E-state index is 12.7. The summed E-state index contributed by atoms with van der Waals surface area (Å²) in [5, 5.41) is 0.844. The first-order chi connectivity index (χ1) is 7.29. The van der Waals surface area contributed by atoms with Crippen LogP contribution in [0.4, 0.5) is 4.39 Å². The van der Waals surface area contributed by atoms with E-state index in [1.54, 1.807) is 18.3 Å². The average Bonchev–Trinajstić information content (AvgIpc) is 2.68. The van der Waals surface area contributed by atoms with E-state index in [9.17, 15) is 4.39 Å². The Morgan fingerprint density at radius 2 is 2.07 bits per heavy atom. The standard InChI is InChI=1S/C11H10FN2S/c1-2-15-11-13-7-10(14-11)8-3-5-9(12)6-4-8/h2-7H,1H3,(H,13,14). The van der Waals surface area contributed by atoms with Crippen molar-refractivity contribution in [2.75, 3.05) is 0 Å². The van der Waals surface area contributed by atoms with Crippen molar-refractivity contribution >= 4 is 11.8 Å². The number of hydrogen-bond acceptors (Lipinski definition) is 2. The molecule has 4 heteroatoms. The zero-order valence-electron chi connectivity index (χ0n) is 8.20. The number of rotatable bonds is 3. The molecular formula is C11H10FN2S. The van der Waals surface area contributed by atoms with Crippen molar-refractivity contribution in [2.45, 2.75) is 12.1 Å². The van der Waals surface area contributed by atoms with Gasteiger partial charge in [0.15, 0.2) is 5.16 Å². The second-order valence-corrected chi connectivity index (χ2v) is 4.06. The van der Waals surface area contributed by atoms with Crippen LogP contribution in [0.25, 0.3) is 11.3 Å². The van der Waals surface area contributed by atoms with E-state index in [1.165, 1.54) is 23.9 Å². The minimum Gasteiger partial charge on any atom is -0.333 e. The largest absolute Gasteiger partial charge is 0.333 e. The molecule has 0 aliphatic rings. The third-order valence-corrected chi connectivity index (χ3v) is 2.60. The summed E-state index contributed by atoms with van der Waals surface area (Å²) in [5.74, 6) is 1.72. The minimum atomic E-state index is -0.227. The Morgan fingerprint density at radius 1 is 1.33 bits per heavy atom. The summed E-state index contributed by atoms with van der Waals surface area (Å²) in [5.41, 5.74) is 1.84. The fraction of sp³-hybridized carbons (Fsp3) is 0.0909. The van der Waals surface area contributed by atoms with Crippen molar-refractivity contribution < 1.29 is 4.39 Å². The molecule has 0 bridgehead atoms. The molecular weight excluding hydrogens is 211 g/mol. The summed E-state index contributed by atoms with van der Waals surface area (Å²) in [7, 11) is 0. The van der Waals surface area contributed by atoms with Crippen LogP contribution in [-0.2, 0) is 0 Å². The average molecular weight is 221 g/mol. The van der Waals surface area contributed by atoms with Gasteiger partial charge in [-0.15, -0.1) is 0 Å².